The van der Waals surface area contributed by atoms with Gasteiger partial charge >= 0.3 is 6.18 Å². The smallest absolute Gasteiger partial charge is 0.365 e. The summed E-state index contributed by atoms with van der Waals surface area (Å²) in [5.74, 6) is 1.72. The summed E-state index contributed by atoms with van der Waals surface area (Å²) >= 11 is 6.09. The van der Waals surface area contributed by atoms with E-state index in [0.717, 1.165) is 36.6 Å². The van der Waals surface area contributed by atoms with Gasteiger partial charge in [-0.3, -0.25) is 4.79 Å². The normalized spacial score (nSPS) is 17.0. The fourth-order valence-electron chi connectivity index (χ4n) is 3.91. The van der Waals surface area contributed by atoms with Gasteiger partial charge in [-0.15, -0.1) is 0 Å². The highest BCUT2D eigenvalue weighted by Gasteiger charge is 2.31. The largest absolute Gasteiger partial charge is 0.408 e. The van der Waals surface area contributed by atoms with Gasteiger partial charge in [-0.25, -0.2) is 14.6 Å². The van der Waals surface area contributed by atoms with Gasteiger partial charge in [-0.05, 0) is 26.2 Å². The fraction of sp³-hybridized carbons (Fsp3) is 0.556. The summed E-state index contributed by atoms with van der Waals surface area (Å²) in [5, 5.41) is 3.42. The quantitative estimate of drug-likeness (QED) is 0.747. The van der Waals surface area contributed by atoms with Crippen LogP contribution in [0.3, 0.4) is 0 Å². The Morgan fingerprint density at radius 3 is 2.48 bits per heavy atom. The Morgan fingerprint density at radius 2 is 1.79 bits per heavy atom. The minimum Gasteiger partial charge on any atom is -0.365 e. The molecule has 0 radical (unpaired) electrons. The molecule has 0 aromatic carbocycles. The van der Waals surface area contributed by atoms with Crippen LogP contribution in [0, 0.1) is 6.92 Å². The lowest BCUT2D eigenvalue weighted by atomic mass is 10.2. The van der Waals surface area contributed by atoms with Crippen LogP contribution >= 0.6 is 11.6 Å². The average Bonchev–Trinajstić information content (AvgIpc) is 3.12. The van der Waals surface area contributed by atoms with Crippen LogP contribution in [-0.4, -0.2) is 52.1 Å². The lowest BCUT2D eigenvalue weighted by Crippen LogP contribution is -2.48. The highest BCUT2D eigenvalue weighted by molar-refractivity contribution is 6.33. The molecule has 0 saturated carbocycles. The van der Waals surface area contributed by atoms with Crippen LogP contribution < -0.4 is 15.4 Å². The number of fused-ring (bicyclic) bond motifs is 1. The molecule has 0 N–H and O–H groups in total. The van der Waals surface area contributed by atoms with E-state index in [4.69, 9.17) is 11.6 Å². The van der Waals surface area contributed by atoms with Gasteiger partial charge in [-0.2, -0.15) is 18.3 Å². The summed E-state index contributed by atoms with van der Waals surface area (Å²) in [5.41, 5.74) is 1.75. The third-order valence-electron chi connectivity index (χ3n) is 5.24. The van der Waals surface area contributed by atoms with Crippen molar-refractivity contribution in [3.8, 4) is 0 Å². The molecule has 11 heteroatoms. The maximum atomic E-state index is 12.6. The second-order valence-corrected chi connectivity index (χ2v) is 7.65. The van der Waals surface area contributed by atoms with E-state index in [1.54, 1.807) is 0 Å². The zero-order valence-electron chi connectivity index (χ0n) is 15.8. The number of halogens is 4. The van der Waals surface area contributed by atoms with Crippen LogP contribution in [0.1, 0.15) is 23.5 Å². The molecule has 4 rings (SSSR count). The SMILES string of the molecule is Cc1nc2c(c(N3CCN(c4cnn(CC(F)(F)F)c(=O)c4Cl)CC3)n1)CCC2. The standard InChI is InChI=1S/C18H20ClF3N6O/c1-11-24-13-4-2-3-12(13)16(25-11)27-7-5-26(6-8-27)14-9-23-28(10-18(20,21)22)17(29)15(14)19/h9H,2-8,10H2,1H3. The molecule has 2 aromatic rings. The number of piperazine rings is 1. The fourth-order valence-corrected chi connectivity index (χ4v) is 4.18. The Morgan fingerprint density at radius 1 is 1.10 bits per heavy atom. The van der Waals surface area contributed by atoms with Crippen molar-refractivity contribution >= 4 is 23.1 Å². The first-order valence-electron chi connectivity index (χ1n) is 9.41. The predicted octanol–water partition coefficient (Wildman–Crippen LogP) is 2.37. The molecule has 1 aliphatic heterocycles. The van der Waals surface area contributed by atoms with E-state index >= 15 is 0 Å². The first-order valence-corrected chi connectivity index (χ1v) is 9.79. The lowest BCUT2D eigenvalue weighted by Gasteiger charge is -2.37. The Balaban J connectivity index is 1.51. The van der Waals surface area contributed by atoms with E-state index in [2.05, 4.69) is 20.0 Å². The van der Waals surface area contributed by atoms with E-state index in [9.17, 15) is 18.0 Å². The Kier molecular flexibility index (Phi) is 5.14. The number of anilines is 2. The lowest BCUT2D eigenvalue weighted by molar-refractivity contribution is -0.143. The summed E-state index contributed by atoms with van der Waals surface area (Å²) < 4.78 is 38.0. The van der Waals surface area contributed by atoms with Crippen LogP contribution in [0.25, 0.3) is 0 Å². The van der Waals surface area contributed by atoms with E-state index < -0.39 is 18.3 Å². The van der Waals surface area contributed by atoms with Crippen LogP contribution in [0.2, 0.25) is 5.02 Å². The summed E-state index contributed by atoms with van der Waals surface area (Å²) in [7, 11) is 0. The van der Waals surface area contributed by atoms with Gasteiger partial charge in [0.05, 0.1) is 11.9 Å². The van der Waals surface area contributed by atoms with Gasteiger partial charge in [0.1, 0.15) is 23.2 Å². The first-order chi connectivity index (χ1) is 13.7. The molecule has 156 valence electrons. The molecular formula is C18H20ClF3N6O. The van der Waals surface area contributed by atoms with Crippen molar-refractivity contribution in [2.24, 2.45) is 0 Å². The minimum atomic E-state index is -4.54. The molecular weight excluding hydrogens is 409 g/mol. The molecule has 2 aliphatic rings. The second kappa shape index (κ2) is 7.47. The van der Waals surface area contributed by atoms with Crippen LogP contribution in [-0.2, 0) is 19.4 Å². The van der Waals surface area contributed by atoms with Crippen molar-refractivity contribution in [3.63, 3.8) is 0 Å². The van der Waals surface area contributed by atoms with Gasteiger partial charge in [0, 0.05) is 37.4 Å². The van der Waals surface area contributed by atoms with Gasteiger partial charge in [0.25, 0.3) is 5.56 Å². The van der Waals surface area contributed by atoms with Gasteiger partial charge in [0.15, 0.2) is 0 Å². The molecule has 7 nitrogen and oxygen atoms in total. The van der Waals surface area contributed by atoms with Crippen LogP contribution in [0.5, 0.6) is 0 Å². The van der Waals surface area contributed by atoms with Crippen molar-refractivity contribution in [1.29, 1.82) is 0 Å². The molecule has 2 aromatic heterocycles. The van der Waals surface area contributed by atoms with E-state index in [1.807, 2.05) is 11.8 Å². The second-order valence-electron chi connectivity index (χ2n) is 7.27. The highest BCUT2D eigenvalue weighted by atomic mass is 35.5. The maximum Gasteiger partial charge on any atom is 0.408 e. The minimum absolute atomic E-state index is 0.239. The Bertz CT molecular complexity index is 985. The van der Waals surface area contributed by atoms with Crippen LogP contribution in [0.15, 0.2) is 11.0 Å². The number of rotatable bonds is 3. The molecule has 0 unspecified atom stereocenters. The van der Waals surface area contributed by atoms with E-state index in [1.165, 1.54) is 11.8 Å². The topological polar surface area (TPSA) is 67.2 Å². The molecule has 0 bridgehead atoms. The molecule has 29 heavy (non-hydrogen) atoms. The third-order valence-corrected chi connectivity index (χ3v) is 5.59. The molecule has 0 amide bonds. The van der Waals surface area contributed by atoms with Crippen LogP contribution in [0.4, 0.5) is 24.7 Å². The van der Waals surface area contributed by atoms with E-state index in [-0.39, 0.29) is 5.02 Å². The van der Waals surface area contributed by atoms with E-state index in [0.29, 0.717) is 36.5 Å². The molecule has 1 aliphatic carbocycles. The molecule has 0 atom stereocenters. The molecule has 1 fully saturated rings. The first kappa shape index (κ1) is 19.9. The van der Waals surface area contributed by atoms with Crippen molar-refractivity contribution in [1.82, 2.24) is 19.7 Å². The monoisotopic (exact) mass is 428 g/mol. The summed E-state index contributed by atoms with van der Waals surface area (Å²) in [6, 6.07) is 0. The molecule has 0 spiro atoms. The highest BCUT2D eigenvalue weighted by Crippen LogP contribution is 2.30. The van der Waals surface area contributed by atoms with Crippen molar-refractivity contribution in [2.75, 3.05) is 36.0 Å². The Hall–Kier alpha value is -2.36. The maximum absolute atomic E-state index is 12.6. The Labute approximate surface area is 170 Å². The number of hydrogen-bond donors (Lipinski definition) is 0. The number of aryl methyl sites for hydroxylation is 2. The average molecular weight is 429 g/mol. The van der Waals surface area contributed by atoms with Gasteiger partial charge < -0.3 is 9.80 Å². The van der Waals surface area contributed by atoms with Crippen molar-refractivity contribution in [2.45, 2.75) is 38.9 Å². The number of aromatic nitrogens is 4. The van der Waals surface area contributed by atoms with Gasteiger partial charge in [0.2, 0.25) is 0 Å². The zero-order chi connectivity index (χ0) is 20.8. The number of hydrogen-bond acceptors (Lipinski definition) is 6. The zero-order valence-corrected chi connectivity index (χ0v) is 16.6. The molecule has 1 saturated heterocycles. The summed E-state index contributed by atoms with van der Waals surface area (Å²) in [4.78, 5) is 25.4. The van der Waals surface area contributed by atoms with Gasteiger partial charge in [-0.1, -0.05) is 11.6 Å². The summed E-state index contributed by atoms with van der Waals surface area (Å²) in [6.45, 7) is 2.86. The van der Waals surface area contributed by atoms with Crippen molar-refractivity contribution < 1.29 is 13.2 Å². The number of nitrogens with zero attached hydrogens (tertiary/aromatic N) is 6. The van der Waals surface area contributed by atoms with Crippen molar-refractivity contribution in [3.05, 3.63) is 38.7 Å². The third kappa shape index (κ3) is 4.03. The number of alkyl halides is 3. The predicted molar refractivity (Wildman–Crippen MR) is 103 cm³/mol. The summed E-state index contributed by atoms with van der Waals surface area (Å²) in [6.07, 6.45) is -0.281. The molecule has 3 heterocycles.